The molecule has 0 saturated heterocycles. The summed E-state index contributed by atoms with van der Waals surface area (Å²) in [6, 6.07) is 0. The normalized spacial score (nSPS) is 12.8. The van der Waals surface area contributed by atoms with Gasteiger partial charge in [-0.3, -0.25) is 0 Å². The fraction of sp³-hybridized carbons (Fsp3) is 0.636. The van der Waals surface area contributed by atoms with Crippen LogP contribution in [0.15, 0.2) is 11.4 Å². The number of hydrogen-bond donors (Lipinski definition) is 0. The molecule has 0 saturated carbocycles. The highest BCUT2D eigenvalue weighted by Gasteiger charge is 2.11. The quantitative estimate of drug-likeness (QED) is 0.571. The zero-order valence-corrected chi connectivity index (χ0v) is 10.3. The van der Waals surface area contributed by atoms with Crippen LogP contribution in [0.5, 0.6) is 0 Å². The third kappa shape index (κ3) is 3.45. The van der Waals surface area contributed by atoms with Gasteiger partial charge < -0.3 is 0 Å². The molecular formula is C11H17FN2S. The molecule has 0 aromatic carbocycles. The molecule has 1 aromatic heterocycles. The van der Waals surface area contributed by atoms with Gasteiger partial charge in [0.1, 0.15) is 11.4 Å². The molecule has 0 fully saturated rings. The largest absolute Gasteiger partial charge is 0.238 e. The lowest BCUT2D eigenvalue weighted by Crippen LogP contribution is -2.01. The van der Waals surface area contributed by atoms with E-state index >= 15 is 0 Å². The van der Waals surface area contributed by atoms with Crippen molar-refractivity contribution in [2.75, 3.05) is 5.75 Å². The summed E-state index contributed by atoms with van der Waals surface area (Å²) in [5, 5.41) is 0.488. The Morgan fingerprint density at radius 2 is 2.13 bits per heavy atom. The molecule has 0 aliphatic heterocycles. The highest BCUT2D eigenvalue weighted by atomic mass is 32.2. The summed E-state index contributed by atoms with van der Waals surface area (Å²) < 4.78 is 13.7. The second-order valence-electron chi connectivity index (χ2n) is 3.62. The number of thioether (sulfide) groups is 1. The van der Waals surface area contributed by atoms with Crippen LogP contribution in [-0.2, 0) is 6.42 Å². The van der Waals surface area contributed by atoms with Gasteiger partial charge in [-0.15, -0.1) is 11.8 Å². The summed E-state index contributed by atoms with van der Waals surface area (Å²) in [5.41, 5.74) is 0.511. The molecule has 0 bridgehead atoms. The van der Waals surface area contributed by atoms with Gasteiger partial charge in [0, 0.05) is 5.75 Å². The molecular weight excluding hydrogens is 211 g/mol. The molecule has 0 spiro atoms. The Morgan fingerprint density at radius 3 is 2.73 bits per heavy atom. The summed E-state index contributed by atoms with van der Waals surface area (Å²) in [6.45, 7) is 6.19. The number of aromatic nitrogens is 2. The third-order valence-electron chi connectivity index (χ3n) is 2.37. The van der Waals surface area contributed by atoms with Crippen molar-refractivity contribution in [1.82, 2.24) is 9.97 Å². The van der Waals surface area contributed by atoms with Crippen molar-refractivity contribution in [3.05, 3.63) is 17.8 Å². The van der Waals surface area contributed by atoms with Gasteiger partial charge in [-0.25, -0.2) is 14.4 Å². The maximum absolute atomic E-state index is 13.7. The first-order chi connectivity index (χ1) is 7.19. The van der Waals surface area contributed by atoms with Gasteiger partial charge in [0.05, 0.1) is 5.69 Å². The highest BCUT2D eigenvalue weighted by Crippen LogP contribution is 2.23. The van der Waals surface area contributed by atoms with Gasteiger partial charge in [0.25, 0.3) is 0 Å². The lowest BCUT2D eigenvalue weighted by Gasteiger charge is -2.08. The van der Waals surface area contributed by atoms with E-state index in [1.807, 2.05) is 6.92 Å². The van der Waals surface area contributed by atoms with Crippen LogP contribution in [0.4, 0.5) is 4.39 Å². The highest BCUT2D eigenvalue weighted by molar-refractivity contribution is 7.99. The number of aryl methyl sites for hydroxylation is 1. The summed E-state index contributed by atoms with van der Waals surface area (Å²) in [6.07, 6.45) is 3.17. The fourth-order valence-corrected chi connectivity index (χ4v) is 2.12. The number of rotatable bonds is 5. The minimum atomic E-state index is -0.242. The molecule has 0 N–H and O–H groups in total. The Balaban J connectivity index is 2.68. The zero-order chi connectivity index (χ0) is 11.3. The van der Waals surface area contributed by atoms with Gasteiger partial charge >= 0.3 is 0 Å². The molecule has 1 rings (SSSR count). The lowest BCUT2D eigenvalue weighted by atomic mass is 10.2. The first kappa shape index (κ1) is 12.4. The molecule has 15 heavy (non-hydrogen) atoms. The van der Waals surface area contributed by atoms with E-state index in [4.69, 9.17) is 0 Å². The molecule has 84 valence electrons. The van der Waals surface area contributed by atoms with Crippen molar-refractivity contribution in [3.63, 3.8) is 0 Å². The van der Waals surface area contributed by atoms with Crippen molar-refractivity contribution in [2.24, 2.45) is 5.92 Å². The van der Waals surface area contributed by atoms with E-state index in [0.717, 1.165) is 12.2 Å². The number of hydrogen-bond acceptors (Lipinski definition) is 3. The zero-order valence-electron chi connectivity index (χ0n) is 9.46. The SMILES string of the molecule is CCc1ncnc(SCC(C)CC)c1F. The van der Waals surface area contributed by atoms with E-state index in [-0.39, 0.29) is 5.82 Å². The van der Waals surface area contributed by atoms with Gasteiger partial charge in [0.2, 0.25) is 0 Å². The molecule has 0 amide bonds. The Labute approximate surface area is 94.7 Å². The second kappa shape index (κ2) is 6.05. The van der Waals surface area contributed by atoms with E-state index in [9.17, 15) is 4.39 Å². The molecule has 1 unspecified atom stereocenters. The Hall–Kier alpha value is -0.640. The van der Waals surface area contributed by atoms with Crippen LogP contribution in [-0.4, -0.2) is 15.7 Å². The topological polar surface area (TPSA) is 25.8 Å². The Bertz CT molecular complexity index is 317. The predicted octanol–water partition coefficient (Wildman–Crippen LogP) is 3.32. The molecule has 2 nitrogen and oxygen atoms in total. The summed E-state index contributed by atoms with van der Waals surface area (Å²) >= 11 is 1.48. The fourth-order valence-electron chi connectivity index (χ4n) is 1.07. The minimum Gasteiger partial charge on any atom is -0.238 e. The Morgan fingerprint density at radius 1 is 1.40 bits per heavy atom. The molecule has 4 heteroatoms. The molecule has 1 heterocycles. The first-order valence-corrected chi connectivity index (χ1v) is 6.29. The third-order valence-corrected chi connectivity index (χ3v) is 3.66. The standard InChI is InChI=1S/C11H17FN2S/c1-4-8(3)6-15-11-10(12)9(5-2)13-7-14-11/h7-8H,4-6H2,1-3H3. The van der Waals surface area contributed by atoms with Gasteiger partial charge in [-0.2, -0.15) is 0 Å². The second-order valence-corrected chi connectivity index (χ2v) is 4.63. The van der Waals surface area contributed by atoms with Crippen molar-refractivity contribution >= 4 is 11.8 Å². The summed E-state index contributed by atoms with van der Waals surface area (Å²) in [7, 11) is 0. The van der Waals surface area contributed by atoms with E-state index in [1.165, 1.54) is 18.1 Å². The minimum absolute atomic E-state index is 0.242. The van der Waals surface area contributed by atoms with Crippen LogP contribution in [0.2, 0.25) is 0 Å². The number of nitrogens with zero attached hydrogens (tertiary/aromatic N) is 2. The number of halogens is 1. The van der Waals surface area contributed by atoms with Crippen LogP contribution in [0.1, 0.15) is 32.9 Å². The van der Waals surface area contributed by atoms with Crippen molar-refractivity contribution in [1.29, 1.82) is 0 Å². The van der Waals surface area contributed by atoms with Crippen molar-refractivity contribution < 1.29 is 4.39 Å². The average Bonchev–Trinajstić information content (AvgIpc) is 2.27. The summed E-state index contributed by atoms with van der Waals surface area (Å²) in [5.74, 6) is 1.26. The molecule has 1 aromatic rings. The monoisotopic (exact) mass is 228 g/mol. The van der Waals surface area contributed by atoms with Crippen molar-refractivity contribution in [3.8, 4) is 0 Å². The smallest absolute Gasteiger partial charge is 0.176 e. The van der Waals surface area contributed by atoms with Crippen LogP contribution < -0.4 is 0 Å². The van der Waals surface area contributed by atoms with E-state index in [1.54, 1.807) is 0 Å². The Kier molecular flexibility index (Phi) is 5.02. The van der Waals surface area contributed by atoms with Crippen LogP contribution in [0.3, 0.4) is 0 Å². The molecule has 0 aliphatic rings. The molecule has 0 radical (unpaired) electrons. The van der Waals surface area contributed by atoms with Gasteiger partial charge in [-0.05, 0) is 12.3 Å². The molecule has 1 atom stereocenters. The van der Waals surface area contributed by atoms with E-state index in [0.29, 0.717) is 23.1 Å². The van der Waals surface area contributed by atoms with Crippen LogP contribution in [0, 0.1) is 11.7 Å². The van der Waals surface area contributed by atoms with E-state index < -0.39 is 0 Å². The van der Waals surface area contributed by atoms with Crippen LogP contribution in [0.25, 0.3) is 0 Å². The van der Waals surface area contributed by atoms with Gasteiger partial charge in [0.15, 0.2) is 5.82 Å². The summed E-state index contributed by atoms with van der Waals surface area (Å²) in [4.78, 5) is 7.88. The van der Waals surface area contributed by atoms with Crippen molar-refractivity contribution in [2.45, 2.75) is 38.6 Å². The van der Waals surface area contributed by atoms with E-state index in [2.05, 4.69) is 23.8 Å². The average molecular weight is 228 g/mol. The predicted molar refractivity (Wildman–Crippen MR) is 61.5 cm³/mol. The first-order valence-electron chi connectivity index (χ1n) is 5.31. The maximum atomic E-state index is 13.7. The lowest BCUT2D eigenvalue weighted by molar-refractivity contribution is 0.558. The molecule has 0 aliphatic carbocycles. The van der Waals surface area contributed by atoms with Gasteiger partial charge in [-0.1, -0.05) is 27.2 Å². The maximum Gasteiger partial charge on any atom is 0.176 e. The van der Waals surface area contributed by atoms with Crippen LogP contribution >= 0.6 is 11.8 Å².